The standard InChI is InChI=1S/C14H24N2O3/c1-18-8-14(2-4-19-5-3-14)16-13(17)11-7-12(15)10-6-9(10)11/h9-12H,2-8,15H2,1H3,(H,16,17)/t9-,10+,11-,12+/m1/s1. The first-order chi connectivity index (χ1) is 9.15. The van der Waals surface area contributed by atoms with Crippen LogP contribution >= 0.6 is 0 Å². The molecule has 3 N–H and O–H groups in total. The summed E-state index contributed by atoms with van der Waals surface area (Å²) >= 11 is 0. The van der Waals surface area contributed by atoms with E-state index in [1.807, 2.05) is 0 Å². The molecule has 2 aliphatic carbocycles. The van der Waals surface area contributed by atoms with Gasteiger partial charge in [0.1, 0.15) is 0 Å². The molecule has 3 fully saturated rings. The molecule has 3 aliphatic rings. The van der Waals surface area contributed by atoms with Gasteiger partial charge >= 0.3 is 0 Å². The Bertz CT molecular complexity index is 349. The van der Waals surface area contributed by atoms with Crippen molar-refractivity contribution in [3.8, 4) is 0 Å². The molecule has 2 saturated carbocycles. The van der Waals surface area contributed by atoms with E-state index in [0.717, 1.165) is 25.7 Å². The molecule has 3 rings (SSSR count). The van der Waals surface area contributed by atoms with Crippen molar-refractivity contribution in [1.29, 1.82) is 0 Å². The molecule has 5 heteroatoms. The van der Waals surface area contributed by atoms with Gasteiger partial charge in [0.2, 0.25) is 5.91 Å². The summed E-state index contributed by atoms with van der Waals surface area (Å²) in [5.41, 5.74) is 5.81. The Morgan fingerprint density at radius 3 is 2.63 bits per heavy atom. The van der Waals surface area contributed by atoms with E-state index in [-0.39, 0.29) is 23.4 Å². The third-order valence-electron chi connectivity index (χ3n) is 5.08. The Kier molecular flexibility index (Phi) is 3.53. The second-order valence-electron chi connectivity index (χ2n) is 6.38. The van der Waals surface area contributed by atoms with E-state index >= 15 is 0 Å². The summed E-state index contributed by atoms with van der Waals surface area (Å²) in [7, 11) is 1.69. The van der Waals surface area contributed by atoms with Crippen LogP contribution in [0.15, 0.2) is 0 Å². The normalized spacial score (nSPS) is 39.7. The van der Waals surface area contributed by atoms with Crippen molar-refractivity contribution >= 4 is 5.91 Å². The molecule has 0 aromatic heterocycles. The summed E-state index contributed by atoms with van der Waals surface area (Å²) in [6.45, 7) is 1.95. The van der Waals surface area contributed by atoms with Crippen LogP contribution in [0.5, 0.6) is 0 Å². The van der Waals surface area contributed by atoms with Crippen molar-refractivity contribution in [2.75, 3.05) is 26.9 Å². The average Bonchev–Trinajstić information content (AvgIpc) is 3.11. The maximum absolute atomic E-state index is 12.5. The molecule has 1 heterocycles. The lowest BCUT2D eigenvalue weighted by Crippen LogP contribution is -2.56. The number of hydrogen-bond donors (Lipinski definition) is 2. The first kappa shape index (κ1) is 13.3. The second-order valence-corrected chi connectivity index (χ2v) is 6.38. The van der Waals surface area contributed by atoms with Gasteiger partial charge in [-0.1, -0.05) is 0 Å². The Morgan fingerprint density at radius 2 is 2.11 bits per heavy atom. The predicted octanol–water partition coefficient (Wildman–Crippen LogP) is 0.282. The number of carbonyl (C=O) groups excluding carboxylic acids is 1. The number of amides is 1. The number of carbonyl (C=O) groups is 1. The Hall–Kier alpha value is -0.650. The first-order valence-corrected chi connectivity index (χ1v) is 7.29. The molecule has 0 spiro atoms. The van der Waals surface area contributed by atoms with Crippen LogP contribution in [-0.4, -0.2) is 44.4 Å². The minimum absolute atomic E-state index is 0.122. The lowest BCUT2D eigenvalue weighted by molar-refractivity contribution is -0.130. The van der Waals surface area contributed by atoms with Gasteiger partial charge in [0.25, 0.3) is 0 Å². The fourth-order valence-corrected chi connectivity index (χ4v) is 3.83. The van der Waals surface area contributed by atoms with E-state index in [2.05, 4.69) is 5.32 Å². The van der Waals surface area contributed by atoms with Crippen LogP contribution in [0.2, 0.25) is 0 Å². The van der Waals surface area contributed by atoms with Gasteiger partial charge in [-0.25, -0.2) is 0 Å². The van der Waals surface area contributed by atoms with E-state index in [1.54, 1.807) is 7.11 Å². The summed E-state index contributed by atoms with van der Waals surface area (Å²) in [6, 6.07) is 0.230. The van der Waals surface area contributed by atoms with Crippen molar-refractivity contribution < 1.29 is 14.3 Å². The molecule has 0 bridgehead atoms. The minimum Gasteiger partial charge on any atom is -0.382 e. The Balaban J connectivity index is 1.63. The quantitative estimate of drug-likeness (QED) is 0.768. The van der Waals surface area contributed by atoms with Gasteiger partial charge in [0.15, 0.2) is 0 Å². The maximum Gasteiger partial charge on any atom is 0.223 e. The summed E-state index contributed by atoms with van der Waals surface area (Å²) < 4.78 is 10.7. The molecule has 0 unspecified atom stereocenters. The van der Waals surface area contributed by atoms with Crippen LogP contribution in [0.25, 0.3) is 0 Å². The highest BCUT2D eigenvalue weighted by Gasteiger charge is 2.56. The predicted molar refractivity (Wildman–Crippen MR) is 70.5 cm³/mol. The maximum atomic E-state index is 12.5. The fraction of sp³-hybridized carbons (Fsp3) is 0.929. The Morgan fingerprint density at radius 1 is 1.37 bits per heavy atom. The molecule has 0 aromatic carbocycles. The van der Waals surface area contributed by atoms with Crippen molar-refractivity contribution in [3.63, 3.8) is 0 Å². The number of fused-ring (bicyclic) bond motifs is 1. The highest BCUT2D eigenvalue weighted by Crippen LogP contribution is 2.54. The molecule has 1 amide bonds. The number of nitrogens with one attached hydrogen (secondary N) is 1. The van der Waals surface area contributed by atoms with Gasteiger partial charge in [-0.15, -0.1) is 0 Å². The lowest BCUT2D eigenvalue weighted by Gasteiger charge is -2.38. The molecule has 1 aliphatic heterocycles. The molecule has 5 nitrogen and oxygen atoms in total. The van der Waals surface area contributed by atoms with Gasteiger partial charge in [0, 0.05) is 32.3 Å². The lowest BCUT2D eigenvalue weighted by atomic mass is 9.89. The molecule has 1 saturated heterocycles. The van der Waals surface area contributed by atoms with Crippen LogP contribution < -0.4 is 11.1 Å². The average molecular weight is 268 g/mol. The number of rotatable bonds is 4. The van der Waals surface area contributed by atoms with Crippen LogP contribution in [0.4, 0.5) is 0 Å². The SMILES string of the molecule is COCC1(NC(=O)[C@@H]2C[C@H](N)[C@H]3C[C@H]32)CCOCC1. The molecule has 108 valence electrons. The van der Waals surface area contributed by atoms with E-state index in [9.17, 15) is 4.79 Å². The van der Waals surface area contributed by atoms with Gasteiger partial charge < -0.3 is 20.5 Å². The minimum atomic E-state index is -0.235. The largest absolute Gasteiger partial charge is 0.382 e. The number of ether oxygens (including phenoxy) is 2. The molecule has 0 radical (unpaired) electrons. The number of methoxy groups -OCH3 is 1. The third kappa shape index (κ3) is 2.51. The molecule has 0 aromatic rings. The first-order valence-electron chi connectivity index (χ1n) is 7.29. The molecule has 4 atom stereocenters. The van der Waals surface area contributed by atoms with Crippen molar-refractivity contribution in [2.24, 2.45) is 23.5 Å². The van der Waals surface area contributed by atoms with E-state index in [0.29, 0.717) is 31.7 Å². The van der Waals surface area contributed by atoms with Gasteiger partial charge in [-0.3, -0.25) is 4.79 Å². The van der Waals surface area contributed by atoms with Gasteiger partial charge in [0.05, 0.1) is 12.1 Å². The van der Waals surface area contributed by atoms with Crippen LogP contribution in [-0.2, 0) is 14.3 Å². The van der Waals surface area contributed by atoms with E-state index < -0.39 is 0 Å². The smallest absolute Gasteiger partial charge is 0.223 e. The van der Waals surface area contributed by atoms with Gasteiger partial charge in [-0.05, 0) is 37.5 Å². The third-order valence-corrected chi connectivity index (χ3v) is 5.08. The summed E-state index contributed by atoms with van der Waals surface area (Å²) in [5.74, 6) is 1.44. The topological polar surface area (TPSA) is 73.6 Å². The Labute approximate surface area is 114 Å². The van der Waals surface area contributed by atoms with Crippen LogP contribution in [0.1, 0.15) is 25.7 Å². The highest BCUT2D eigenvalue weighted by atomic mass is 16.5. The second kappa shape index (κ2) is 5.04. The summed E-state index contributed by atoms with van der Waals surface area (Å²) in [5, 5.41) is 3.25. The van der Waals surface area contributed by atoms with Crippen molar-refractivity contribution in [1.82, 2.24) is 5.32 Å². The van der Waals surface area contributed by atoms with E-state index in [4.69, 9.17) is 15.2 Å². The van der Waals surface area contributed by atoms with Crippen molar-refractivity contribution in [3.05, 3.63) is 0 Å². The number of nitrogens with two attached hydrogens (primary N) is 1. The van der Waals surface area contributed by atoms with Crippen LogP contribution in [0, 0.1) is 17.8 Å². The molecular weight excluding hydrogens is 244 g/mol. The fourth-order valence-electron chi connectivity index (χ4n) is 3.83. The van der Waals surface area contributed by atoms with Crippen molar-refractivity contribution in [2.45, 2.75) is 37.3 Å². The zero-order chi connectivity index (χ0) is 13.5. The zero-order valence-corrected chi connectivity index (χ0v) is 11.6. The van der Waals surface area contributed by atoms with E-state index in [1.165, 1.54) is 0 Å². The number of hydrogen-bond acceptors (Lipinski definition) is 4. The highest BCUT2D eigenvalue weighted by molar-refractivity contribution is 5.81. The molecule has 19 heavy (non-hydrogen) atoms. The summed E-state index contributed by atoms with van der Waals surface area (Å²) in [4.78, 5) is 12.5. The monoisotopic (exact) mass is 268 g/mol. The molecular formula is C14H24N2O3. The zero-order valence-electron chi connectivity index (χ0n) is 11.6. The summed E-state index contributed by atoms with van der Waals surface area (Å²) in [6.07, 6.45) is 3.65. The van der Waals surface area contributed by atoms with Gasteiger partial charge in [-0.2, -0.15) is 0 Å². The van der Waals surface area contributed by atoms with Crippen LogP contribution in [0.3, 0.4) is 0 Å².